The third-order valence-corrected chi connectivity index (χ3v) is 2.25. The van der Waals surface area contributed by atoms with E-state index < -0.39 is 0 Å². The molecule has 1 atom stereocenters. The van der Waals surface area contributed by atoms with Crippen molar-refractivity contribution in [2.45, 2.75) is 53.5 Å². The van der Waals surface area contributed by atoms with Crippen LogP contribution in [0.25, 0.3) is 0 Å². The largest absolute Gasteiger partial charge is 0.463 e. The number of carbonyl (C=O) groups is 1. The van der Waals surface area contributed by atoms with E-state index in [1.54, 1.807) is 0 Å². The molecule has 0 amide bonds. The molecule has 0 aromatic heterocycles. The van der Waals surface area contributed by atoms with Crippen molar-refractivity contribution < 1.29 is 14.3 Å². The first-order valence-corrected chi connectivity index (χ1v) is 6.69. The van der Waals surface area contributed by atoms with Crippen LogP contribution >= 0.6 is 0 Å². The van der Waals surface area contributed by atoms with Crippen molar-refractivity contribution in [3.8, 4) is 0 Å². The summed E-state index contributed by atoms with van der Waals surface area (Å²) in [5.74, 6) is 0.265. The van der Waals surface area contributed by atoms with E-state index in [2.05, 4.69) is 34.6 Å². The van der Waals surface area contributed by atoms with Crippen molar-refractivity contribution in [3.05, 3.63) is 0 Å². The summed E-state index contributed by atoms with van der Waals surface area (Å²) in [5, 5.41) is 0. The quantitative estimate of drug-likeness (QED) is 0.537. The Morgan fingerprint density at radius 2 is 1.83 bits per heavy atom. The van der Waals surface area contributed by atoms with Gasteiger partial charge in [-0.05, 0) is 17.8 Å². The van der Waals surface area contributed by atoms with Gasteiger partial charge >= 0.3 is 5.97 Å². The smallest absolute Gasteiger partial charge is 0.307 e. The molecule has 0 aromatic carbocycles. The fraction of sp³-hybridized carbons (Fsp3) is 0.929. The topological polar surface area (TPSA) is 61.5 Å². The summed E-state index contributed by atoms with van der Waals surface area (Å²) < 4.78 is 10.4. The molecule has 0 radical (unpaired) electrons. The van der Waals surface area contributed by atoms with Gasteiger partial charge in [-0.15, -0.1) is 0 Å². The van der Waals surface area contributed by atoms with Crippen molar-refractivity contribution in [1.82, 2.24) is 0 Å². The molecule has 0 aliphatic rings. The Morgan fingerprint density at radius 1 is 1.22 bits per heavy atom. The highest BCUT2D eigenvalue weighted by Gasteiger charge is 2.18. The molecule has 0 aliphatic carbocycles. The Bertz CT molecular complexity index is 234. The van der Waals surface area contributed by atoms with Crippen molar-refractivity contribution in [1.29, 1.82) is 0 Å². The third kappa shape index (κ3) is 11.9. The van der Waals surface area contributed by atoms with E-state index in [0.717, 1.165) is 6.42 Å². The van der Waals surface area contributed by atoms with Crippen LogP contribution in [0.15, 0.2) is 0 Å². The van der Waals surface area contributed by atoms with E-state index in [1.165, 1.54) is 0 Å². The first-order chi connectivity index (χ1) is 8.20. The second-order valence-electron chi connectivity index (χ2n) is 6.42. The lowest BCUT2D eigenvalue weighted by Crippen LogP contribution is -2.30. The Kier molecular flexibility index (Phi) is 8.20. The second kappa shape index (κ2) is 8.48. The van der Waals surface area contributed by atoms with Crippen molar-refractivity contribution in [2.75, 3.05) is 19.8 Å². The normalized spacial score (nSPS) is 13.7. The van der Waals surface area contributed by atoms with Gasteiger partial charge in [-0.25, -0.2) is 0 Å². The predicted octanol–water partition coefficient (Wildman–Crippen LogP) is 2.36. The van der Waals surface area contributed by atoms with Gasteiger partial charge in [-0.1, -0.05) is 34.6 Å². The highest BCUT2D eigenvalue weighted by molar-refractivity contribution is 5.70. The number of hydrogen-bond donors (Lipinski definition) is 1. The minimum atomic E-state index is -0.236. The summed E-state index contributed by atoms with van der Waals surface area (Å²) >= 11 is 0. The molecular formula is C14H29NO3. The van der Waals surface area contributed by atoms with E-state index in [4.69, 9.17) is 15.2 Å². The zero-order valence-electron chi connectivity index (χ0n) is 12.5. The summed E-state index contributed by atoms with van der Waals surface area (Å²) in [6, 6.07) is -0.130. The lowest BCUT2D eigenvalue weighted by Gasteiger charge is -2.22. The number of esters is 1. The Balaban J connectivity index is 3.59. The maximum Gasteiger partial charge on any atom is 0.307 e. The van der Waals surface area contributed by atoms with Crippen LogP contribution in [-0.4, -0.2) is 31.8 Å². The van der Waals surface area contributed by atoms with Crippen molar-refractivity contribution in [2.24, 2.45) is 17.1 Å². The standard InChI is InChI=1S/C14H29NO3/c1-11(2)10-17-6-7-18-13(16)8-12(15)9-14(3,4)5/h11-12H,6-10,15H2,1-5H3. The van der Waals surface area contributed by atoms with Crippen LogP contribution in [0.2, 0.25) is 0 Å². The predicted molar refractivity (Wildman–Crippen MR) is 73.3 cm³/mol. The minimum absolute atomic E-state index is 0.130. The number of rotatable bonds is 8. The number of carbonyl (C=O) groups excluding carboxylic acids is 1. The van der Waals surface area contributed by atoms with Crippen LogP contribution in [0.4, 0.5) is 0 Å². The van der Waals surface area contributed by atoms with Gasteiger partial charge in [0.25, 0.3) is 0 Å². The first-order valence-electron chi connectivity index (χ1n) is 6.69. The summed E-state index contributed by atoms with van der Waals surface area (Å²) in [6.07, 6.45) is 1.09. The number of nitrogens with two attached hydrogens (primary N) is 1. The van der Waals surface area contributed by atoms with E-state index in [9.17, 15) is 4.79 Å². The van der Waals surface area contributed by atoms with Crippen LogP contribution < -0.4 is 5.73 Å². The molecule has 0 rings (SSSR count). The van der Waals surface area contributed by atoms with Crippen LogP contribution in [0.3, 0.4) is 0 Å². The highest BCUT2D eigenvalue weighted by atomic mass is 16.6. The van der Waals surface area contributed by atoms with E-state index >= 15 is 0 Å². The Hall–Kier alpha value is -0.610. The van der Waals surface area contributed by atoms with Gasteiger partial charge in [-0.3, -0.25) is 4.79 Å². The fourth-order valence-electron chi connectivity index (χ4n) is 1.67. The molecule has 4 heteroatoms. The Morgan fingerprint density at radius 3 is 2.33 bits per heavy atom. The van der Waals surface area contributed by atoms with Crippen LogP contribution in [0, 0.1) is 11.3 Å². The van der Waals surface area contributed by atoms with Crippen molar-refractivity contribution >= 4 is 5.97 Å². The van der Waals surface area contributed by atoms with Gasteiger partial charge in [0, 0.05) is 12.6 Å². The highest BCUT2D eigenvalue weighted by Crippen LogP contribution is 2.21. The lowest BCUT2D eigenvalue weighted by atomic mass is 9.87. The molecular weight excluding hydrogens is 230 g/mol. The molecule has 108 valence electrons. The van der Waals surface area contributed by atoms with E-state index in [0.29, 0.717) is 25.7 Å². The van der Waals surface area contributed by atoms with Gasteiger partial charge in [0.15, 0.2) is 0 Å². The number of ether oxygens (including phenoxy) is 2. The summed E-state index contributed by atoms with van der Waals surface area (Å²) in [7, 11) is 0. The molecule has 0 spiro atoms. The number of hydrogen-bond acceptors (Lipinski definition) is 4. The SMILES string of the molecule is CC(C)COCCOC(=O)CC(N)CC(C)(C)C. The molecule has 0 aliphatic heterocycles. The monoisotopic (exact) mass is 259 g/mol. The molecule has 0 bridgehead atoms. The van der Waals surface area contributed by atoms with Crippen LogP contribution in [0.1, 0.15) is 47.5 Å². The van der Waals surface area contributed by atoms with Gasteiger partial charge < -0.3 is 15.2 Å². The molecule has 0 fully saturated rings. The van der Waals surface area contributed by atoms with E-state index in [-0.39, 0.29) is 23.8 Å². The molecule has 18 heavy (non-hydrogen) atoms. The zero-order valence-corrected chi connectivity index (χ0v) is 12.5. The lowest BCUT2D eigenvalue weighted by molar-refractivity contribution is -0.145. The van der Waals surface area contributed by atoms with Gasteiger partial charge in [0.05, 0.1) is 13.0 Å². The second-order valence-corrected chi connectivity index (χ2v) is 6.42. The molecule has 0 aromatic rings. The molecule has 0 saturated heterocycles. The average molecular weight is 259 g/mol. The van der Waals surface area contributed by atoms with Gasteiger partial charge in [0.1, 0.15) is 6.61 Å². The molecule has 0 saturated carbocycles. The summed E-state index contributed by atoms with van der Waals surface area (Å²) in [5.41, 5.74) is 6.04. The molecule has 1 unspecified atom stereocenters. The van der Waals surface area contributed by atoms with Gasteiger partial charge in [-0.2, -0.15) is 0 Å². The van der Waals surface area contributed by atoms with Gasteiger partial charge in [0.2, 0.25) is 0 Å². The third-order valence-electron chi connectivity index (χ3n) is 2.25. The zero-order chi connectivity index (χ0) is 14.2. The van der Waals surface area contributed by atoms with Crippen LogP contribution in [0.5, 0.6) is 0 Å². The van der Waals surface area contributed by atoms with Crippen LogP contribution in [-0.2, 0) is 14.3 Å². The minimum Gasteiger partial charge on any atom is -0.463 e. The van der Waals surface area contributed by atoms with Crippen molar-refractivity contribution in [3.63, 3.8) is 0 Å². The Labute approximate surface area is 111 Å². The maximum absolute atomic E-state index is 11.5. The fourth-order valence-corrected chi connectivity index (χ4v) is 1.67. The molecule has 2 N–H and O–H groups in total. The maximum atomic E-state index is 11.5. The molecule has 4 nitrogen and oxygen atoms in total. The summed E-state index contributed by atoms with van der Waals surface area (Å²) in [6.45, 7) is 12.0. The van der Waals surface area contributed by atoms with E-state index in [1.807, 2.05) is 0 Å². The first kappa shape index (κ1) is 17.4. The molecule has 0 heterocycles. The average Bonchev–Trinajstić information content (AvgIpc) is 2.12. The summed E-state index contributed by atoms with van der Waals surface area (Å²) in [4.78, 5) is 11.5.